The zero-order valence-electron chi connectivity index (χ0n) is 38.9. The molecule has 0 amide bonds. The molecule has 9 heteroatoms. The predicted molar refractivity (Wildman–Crippen MR) is 251 cm³/mol. The van der Waals surface area contributed by atoms with Crippen molar-refractivity contribution < 1.29 is 44.2 Å². The zero-order valence-corrected chi connectivity index (χ0v) is 38.9. The molecule has 4 N–H and O–H groups in total. The third kappa shape index (κ3) is 34.0. The van der Waals surface area contributed by atoms with E-state index in [0.717, 1.165) is 77.0 Å². The van der Waals surface area contributed by atoms with Crippen molar-refractivity contribution >= 4 is 5.97 Å². The molecule has 6 atom stereocenters. The Balaban J connectivity index is 2.23. The van der Waals surface area contributed by atoms with Crippen LogP contribution < -0.4 is 0 Å². The number of hydrogen-bond donors (Lipinski definition) is 4. The summed E-state index contributed by atoms with van der Waals surface area (Å²) in [5.41, 5.74) is 0. The molecule has 1 aliphatic rings. The maximum Gasteiger partial charge on any atom is 0.306 e. The van der Waals surface area contributed by atoms with Crippen molar-refractivity contribution in [2.24, 2.45) is 0 Å². The lowest BCUT2D eigenvalue weighted by molar-refractivity contribution is -0.305. The maximum atomic E-state index is 12.8. The van der Waals surface area contributed by atoms with Gasteiger partial charge in [0, 0.05) is 13.0 Å². The molecule has 354 valence electrons. The van der Waals surface area contributed by atoms with Gasteiger partial charge in [0.1, 0.15) is 30.5 Å². The van der Waals surface area contributed by atoms with E-state index in [0.29, 0.717) is 13.0 Å². The van der Waals surface area contributed by atoms with E-state index < -0.39 is 43.4 Å². The second kappa shape index (κ2) is 43.2. The number of carbonyl (C=O) groups excluding carboxylic acids is 1. The Bertz CT molecular complexity index is 1120. The van der Waals surface area contributed by atoms with Crippen LogP contribution in [0.15, 0.2) is 60.8 Å². The molecule has 1 aliphatic heterocycles. The number of aliphatic hydroxyl groups is 4. The molecule has 0 aromatic rings. The topological polar surface area (TPSA) is 135 Å². The summed E-state index contributed by atoms with van der Waals surface area (Å²) in [6.45, 7) is 4.43. The van der Waals surface area contributed by atoms with Crippen LogP contribution in [-0.4, -0.2) is 89.6 Å². The summed E-state index contributed by atoms with van der Waals surface area (Å²) in [4.78, 5) is 12.8. The van der Waals surface area contributed by atoms with Crippen LogP contribution in [0.4, 0.5) is 0 Å². The molecule has 0 aromatic carbocycles. The van der Waals surface area contributed by atoms with Crippen LogP contribution in [0.2, 0.25) is 0 Å². The van der Waals surface area contributed by atoms with Crippen LogP contribution in [-0.2, 0) is 23.7 Å². The molecule has 61 heavy (non-hydrogen) atoms. The Morgan fingerprint density at radius 1 is 0.541 bits per heavy atom. The van der Waals surface area contributed by atoms with Gasteiger partial charge in [-0.15, -0.1) is 0 Å². The normalized spacial score (nSPS) is 20.4. The summed E-state index contributed by atoms with van der Waals surface area (Å²) in [6.07, 6.45) is 48.2. The monoisotopic (exact) mass is 861 g/mol. The van der Waals surface area contributed by atoms with Crippen LogP contribution >= 0.6 is 0 Å². The SMILES string of the molecule is CC/C=C\C/C=C\C/C=C\C/C=C\C/C=C\CCCCCCCCOCC(COC1OC(CO)C(O)C(O)C1O)OC(=O)CCCCCCCCCCCCCCCCCC. The van der Waals surface area contributed by atoms with E-state index in [1.165, 1.54) is 103 Å². The fraction of sp³-hybridized carbons (Fsp3) is 0.788. The van der Waals surface area contributed by atoms with E-state index in [1.54, 1.807) is 0 Å². The van der Waals surface area contributed by atoms with Crippen molar-refractivity contribution in [2.45, 2.75) is 237 Å². The Labute approximate surface area is 373 Å². The van der Waals surface area contributed by atoms with Crippen LogP contribution in [0.25, 0.3) is 0 Å². The van der Waals surface area contributed by atoms with Crippen molar-refractivity contribution in [3.8, 4) is 0 Å². The Kier molecular flexibility index (Phi) is 40.3. The average Bonchev–Trinajstić information content (AvgIpc) is 3.26. The molecule has 6 unspecified atom stereocenters. The molecular weight excluding hydrogens is 769 g/mol. The Morgan fingerprint density at radius 2 is 1.00 bits per heavy atom. The highest BCUT2D eigenvalue weighted by molar-refractivity contribution is 5.69. The van der Waals surface area contributed by atoms with Gasteiger partial charge in [-0.05, 0) is 57.8 Å². The van der Waals surface area contributed by atoms with Crippen molar-refractivity contribution in [3.05, 3.63) is 60.8 Å². The molecule has 0 spiro atoms. The lowest BCUT2D eigenvalue weighted by Crippen LogP contribution is -2.59. The van der Waals surface area contributed by atoms with E-state index in [9.17, 15) is 25.2 Å². The number of aliphatic hydroxyl groups excluding tert-OH is 4. The first-order valence-electron chi connectivity index (χ1n) is 24.9. The maximum absolute atomic E-state index is 12.8. The standard InChI is InChI=1S/C52H92O9/c1-3-5-7-9-11-13-15-17-19-21-22-23-24-25-26-28-30-32-34-36-38-40-42-58-44-46(45-59-52-51(57)50(56)49(55)47(43-53)61-52)60-48(54)41-39-37-35-33-31-29-27-20-18-16-14-12-10-8-6-4-2/h5,7,11,13,17,19,22-23,25-26,46-47,49-53,55-57H,3-4,6,8-10,12,14-16,18,20-21,24,27-45H2,1-2H3/b7-5-,13-11-,19-17-,23-22-,26-25-. The highest BCUT2D eigenvalue weighted by atomic mass is 16.7. The van der Waals surface area contributed by atoms with Crippen LogP contribution in [0.1, 0.15) is 200 Å². The molecule has 9 nitrogen and oxygen atoms in total. The van der Waals surface area contributed by atoms with E-state index in [1.807, 2.05) is 0 Å². The molecule has 1 rings (SSSR count). The minimum Gasteiger partial charge on any atom is -0.457 e. The lowest BCUT2D eigenvalue weighted by atomic mass is 9.99. The summed E-state index contributed by atoms with van der Waals surface area (Å²) in [7, 11) is 0. The number of allylic oxidation sites excluding steroid dienone is 10. The van der Waals surface area contributed by atoms with Gasteiger partial charge >= 0.3 is 5.97 Å². The summed E-state index contributed by atoms with van der Waals surface area (Å²) in [5, 5.41) is 40.2. The molecule has 0 bridgehead atoms. The van der Waals surface area contributed by atoms with E-state index in [4.69, 9.17) is 18.9 Å². The van der Waals surface area contributed by atoms with Gasteiger partial charge in [0.2, 0.25) is 0 Å². The van der Waals surface area contributed by atoms with Crippen molar-refractivity contribution in [2.75, 3.05) is 26.4 Å². The molecule has 0 saturated carbocycles. The summed E-state index contributed by atoms with van der Waals surface area (Å²) >= 11 is 0. The van der Waals surface area contributed by atoms with Gasteiger partial charge in [0.15, 0.2) is 6.29 Å². The van der Waals surface area contributed by atoms with Gasteiger partial charge in [0.25, 0.3) is 0 Å². The van der Waals surface area contributed by atoms with E-state index in [-0.39, 0.29) is 19.2 Å². The average molecular weight is 861 g/mol. The van der Waals surface area contributed by atoms with Gasteiger partial charge in [-0.1, -0.05) is 197 Å². The molecule has 1 saturated heterocycles. The smallest absolute Gasteiger partial charge is 0.306 e. The molecule has 0 radical (unpaired) electrons. The summed E-state index contributed by atoms with van der Waals surface area (Å²) in [6, 6.07) is 0. The molecule has 1 fully saturated rings. The molecule has 1 heterocycles. The summed E-state index contributed by atoms with van der Waals surface area (Å²) < 4.78 is 22.9. The van der Waals surface area contributed by atoms with Gasteiger partial charge in [-0.3, -0.25) is 4.79 Å². The minimum absolute atomic E-state index is 0.120. The van der Waals surface area contributed by atoms with Gasteiger partial charge in [-0.2, -0.15) is 0 Å². The molecular formula is C52H92O9. The van der Waals surface area contributed by atoms with Gasteiger partial charge < -0.3 is 39.4 Å². The van der Waals surface area contributed by atoms with Crippen molar-refractivity contribution in [1.29, 1.82) is 0 Å². The third-order valence-electron chi connectivity index (χ3n) is 11.2. The fourth-order valence-electron chi connectivity index (χ4n) is 7.34. The number of esters is 1. The largest absolute Gasteiger partial charge is 0.457 e. The zero-order chi connectivity index (χ0) is 44.3. The van der Waals surface area contributed by atoms with Gasteiger partial charge in [0.05, 0.1) is 19.8 Å². The molecule has 0 aromatic heterocycles. The minimum atomic E-state index is -1.54. The Hall–Kier alpha value is -2.11. The summed E-state index contributed by atoms with van der Waals surface area (Å²) in [5.74, 6) is -0.319. The third-order valence-corrected chi connectivity index (χ3v) is 11.2. The number of unbranched alkanes of at least 4 members (excludes halogenated alkanes) is 21. The number of ether oxygens (including phenoxy) is 4. The second-order valence-electron chi connectivity index (χ2n) is 16.9. The highest BCUT2D eigenvalue weighted by Crippen LogP contribution is 2.23. The van der Waals surface area contributed by atoms with Crippen LogP contribution in [0.3, 0.4) is 0 Å². The van der Waals surface area contributed by atoms with Gasteiger partial charge in [-0.25, -0.2) is 0 Å². The van der Waals surface area contributed by atoms with E-state index in [2.05, 4.69) is 74.6 Å². The first-order chi connectivity index (χ1) is 29.9. The first-order valence-corrected chi connectivity index (χ1v) is 24.9. The fourth-order valence-corrected chi connectivity index (χ4v) is 7.34. The first kappa shape index (κ1) is 56.9. The number of carbonyl (C=O) groups is 1. The Morgan fingerprint density at radius 3 is 1.51 bits per heavy atom. The van der Waals surface area contributed by atoms with Crippen molar-refractivity contribution in [1.82, 2.24) is 0 Å². The predicted octanol–water partition coefficient (Wildman–Crippen LogP) is 11.9. The molecule has 0 aliphatic carbocycles. The quantitative estimate of drug-likeness (QED) is 0.0269. The van der Waals surface area contributed by atoms with E-state index >= 15 is 0 Å². The van der Waals surface area contributed by atoms with Crippen LogP contribution in [0, 0.1) is 0 Å². The highest BCUT2D eigenvalue weighted by Gasteiger charge is 2.44. The van der Waals surface area contributed by atoms with Crippen LogP contribution in [0.5, 0.6) is 0 Å². The number of hydrogen-bond acceptors (Lipinski definition) is 9. The lowest BCUT2D eigenvalue weighted by Gasteiger charge is -2.39. The number of rotatable bonds is 42. The second-order valence-corrected chi connectivity index (χ2v) is 16.9. The van der Waals surface area contributed by atoms with Crippen molar-refractivity contribution in [3.63, 3.8) is 0 Å².